The zero-order chi connectivity index (χ0) is 15.7. The Kier molecular flexibility index (Phi) is 4.63. The van der Waals surface area contributed by atoms with Crippen LogP contribution < -0.4 is 0 Å². The predicted molar refractivity (Wildman–Crippen MR) is 71.5 cm³/mol. The van der Waals surface area contributed by atoms with Gasteiger partial charge in [0.1, 0.15) is 0 Å². The van der Waals surface area contributed by atoms with Crippen LogP contribution in [0.4, 0.5) is 13.2 Å². The number of hydrogen-bond acceptors (Lipinski definition) is 3. The van der Waals surface area contributed by atoms with Gasteiger partial charge in [-0.3, -0.25) is 0 Å². The van der Waals surface area contributed by atoms with E-state index >= 15 is 0 Å². The summed E-state index contributed by atoms with van der Waals surface area (Å²) in [5.74, 6) is -0.318. The van der Waals surface area contributed by atoms with Crippen molar-refractivity contribution in [1.29, 1.82) is 0 Å². The van der Waals surface area contributed by atoms with Crippen molar-refractivity contribution in [2.45, 2.75) is 42.9 Å². The number of sulfone groups is 1. The zero-order valence-electron chi connectivity index (χ0n) is 11.3. The topological polar surface area (TPSA) is 54.4 Å². The summed E-state index contributed by atoms with van der Waals surface area (Å²) in [5, 5.41) is 9.66. The molecule has 1 aliphatic carbocycles. The van der Waals surface area contributed by atoms with E-state index in [1.807, 2.05) is 0 Å². The van der Waals surface area contributed by atoms with Crippen LogP contribution in [0.15, 0.2) is 29.2 Å². The number of benzene rings is 1. The van der Waals surface area contributed by atoms with E-state index in [1.54, 1.807) is 0 Å². The maximum absolute atomic E-state index is 12.6. The lowest BCUT2D eigenvalue weighted by Gasteiger charge is -2.14. The Hall–Kier alpha value is -1.08. The molecule has 0 aromatic heterocycles. The first-order valence-corrected chi connectivity index (χ1v) is 8.43. The second kappa shape index (κ2) is 5.96. The summed E-state index contributed by atoms with van der Waals surface area (Å²) in [6.07, 6.45) is -2.50. The molecule has 21 heavy (non-hydrogen) atoms. The normalized spacial score (nSPS) is 23.4. The van der Waals surface area contributed by atoms with Gasteiger partial charge in [-0.1, -0.05) is 12.5 Å². The van der Waals surface area contributed by atoms with Crippen molar-refractivity contribution in [3.8, 4) is 0 Å². The highest BCUT2D eigenvalue weighted by atomic mass is 32.2. The predicted octanol–water partition coefficient (Wildman–Crippen LogP) is 3.03. The average Bonchev–Trinajstić information content (AvgIpc) is 2.81. The zero-order valence-corrected chi connectivity index (χ0v) is 12.1. The third kappa shape index (κ3) is 3.97. The molecule has 0 amide bonds. The molecule has 0 bridgehead atoms. The van der Waals surface area contributed by atoms with Gasteiger partial charge < -0.3 is 5.11 Å². The van der Waals surface area contributed by atoms with E-state index in [0.717, 1.165) is 25.0 Å². The lowest BCUT2D eigenvalue weighted by molar-refractivity contribution is -0.137. The number of halogens is 3. The monoisotopic (exact) mass is 322 g/mol. The second-order valence-electron chi connectivity index (χ2n) is 5.39. The van der Waals surface area contributed by atoms with Crippen molar-refractivity contribution in [2.75, 3.05) is 5.75 Å². The summed E-state index contributed by atoms with van der Waals surface area (Å²) in [7, 11) is -3.77. The van der Waals surface area contributed by atoms with Gasteiger partial charge in [-0.2, -0.15) is 13.2 Å². The van der Waals surface area contributed by atoms with E-state index in [2.05, 4.69) is 0 Å². The maximum Gasteiger partial charge on any atom is 0.416 e. The lowest BCUT2D eigenvalue weighted by atomic mass is 10.0. The van der Waals surface area contributed by atoms with Crippen LogP contribution >= 0.6 is 0 Å². The summed E-state index contributed by atoms with van der Waals surface area (Å²) in [6.45, 7) is 0. The molecule has 3 nitrogen and oxygen atoms in total. The Morgan fingerprint density at radius 1 is 1.24 bits per heavy atom. The molecular formula is C14H17F3O3S. The minimum Gasteiger partial charge on any atom is -0.393 e. The number of alkyl halides is 3. The Morgan fingerprint density at radius 3 is 2.52 bits per heavy atom. The van der Waals surface area contributed by atoms with Crippen molar-refractivity contribution in [1.82, 2.24) is 0 Å². The van der Waals surface area contributed by atoms with Crippen LogP contribution in [-0.2, 0) is 16.0 Å². The molecule has 1 aromatic carbocycles. The number of hydrogen-bond donors (Lipinski definition) is 1. The highest BCUT2D eigenvalue weighted by molar-refractivity contribution is 7.91. The fourth-order valence-electron chi connectivity index (χ4n) is 2.64. The van der Waals surface area contributed by atoms with Crippen LogP contribution in [0, 0.1) is 5.92 Å². The van der Waals surface area contributed by atoms with Crippen LogP contribution in [-0.4, -0.2) is 25.4 Å². The van der Waals surface area contributed by atoms with Gasteiger partial charge in [0, 0.05) is 0 Å². The first kappa shape index (κ1) is 16.3. The summed E-state index contributed by atoms with van der Waals surface area (Å²) in [6, 6.07) is 3.79. The van der Waals surface area contributed by atoms with Crippen LogP contribution in [0.5, 0.6) is 0 Å². The Labute approximate surface area is 121 Å². The third-order valence-electron chi connectivity index (χ3n) is 3.90. The Balaban J connectivity index is 2.12. The van der Waals surface area contributed by atoms with Gasteiger partial charge in [0.15, 0.2) is 9.84 Å². The minimum absolute atomic E-state index is 0.0782. The van der Waals surface area contributed by atoms with E-state index < -0.39 is 27.7 Å². The molecule has 2 unspecified atom stereocenters. The van der Waals surface area contributed by atoms with Gasteiger partial charge in [0.25, 0.3) is 0 Å². The lowest BCUT2D eigenvalue weighted by Crippen LogP contribution is -2.18. The quantitative estimate of drug-likeness (QED) is 0.927. The van der Waals surface area contributed by atoms with E-state index in [9.17, 15) is 26.7 Å². The number of aliphatic hydroxyl groups excluding tert-OH is 1. The van der Waals surface area contributed by atoms with Crippen LogP contribution in [0.3, 0.4) is 0 Å². The summed E-state index contributed by atoms with van der Waals surface area (Å²) in [5.41, 5.74) is -0.968. The van der Waals surface area contributed by atoms with Crippen molar-refractivity contribution in [2.24, 2.45) is 5.92 Å². The van der Waals surface area contributed by atoms with Gasteiger partial charge in [-0.15, -0.1) is 0 Å². The molecule has 0 heterocycles. The average molecular weight is 322 g/mol. The van der Waals surface area contributed by atoms with Crippen LogP contribution in [0.1, 0.15) is 31.2 Å². The van der Waals surface area contributed by atoms with E-state index in [4.69, 9.17) is 0 Å². The van der Waals surface area contributed by atoms with Gasteiger partial charge in [0.05, 0.1) is 22.3 Å². The molecule has 1 aromatic rings. The molecule has 0 spiro atoms. The van der Waals surface area contributed by atoms with E-state index in [1.165, 1.54) is 6.07 Å². The Bertz CT molecular complexity index is 596. The molecule has 118 valence electrons. The van der Waals surface area contributed by atoms with E-state index in [0.29, 0.717) is 12.5 Å². The second-order valence-corrected chi connectivity index (χ2v) is 7.50. The molecular weight excluding hydrogens is 305 g/mol. The largest absolute Gasteiger partial charge is 0.416 e. The fourth-order valence-corrected chi connectivity index (χ4v) is 4.09. The minimum atomic E-state index is -4.56. The molecule has 0 aliphatic heterocycles. The summed E-state index contributed by atoms with van der Waals surface area (Å²) in [4.78, 5) is -0.315. The molecule has 0 radical (unpaired) electrons. The molecule has 7 heteroatoms. The first-order chi connectivity index (χ1) is 9.70. The maximum atomic E-state index is 12.6. The molecule has 1 saturated carbocycles. The molecule has 1 aliphatic rings. The van der Waals surface area contributed by atoms with Crippen molar-refractivity contribution < 1.29 is 26.7 Å². The SMILES string of the molecule is O=S(=O)(CCC1CCCC1O)c1cccc(C(F)(F)F)c1. The summed E-state index contributed by atoms with van der Waals surface area (Å²) >= 11 is 0. The van der Waals surface area contributed by atoms with Gasteiger partial charge in [-0.05, 0) is 43.4 Å². The smallest absolute Gasteiger partial charge is 0.393 e. The highest BCUT2D eigenvalue weighted by Gasteiger charge is 2.32. The number of rotatable bonds is 4. The first-order valence-electron chi connectivity index (χ1n) is 6.78. The van der Waals surface area contributed by atoms with Gasteiger partial charge in [-0.25, -0.2) is 8.42 Å². The Morgan fingerprint density at radius 2 is 1.95 bits per heavy atom. The highest BCUT2D eigenvalue weighted by Crippen LogP contribution is 2.32. The fraction of sp³-hybridized carbons (Fsp3) is 0.571. The van der Waals surface area contributed by atoms with Crippen LogP contribution in [0.25, 0.3) is 0 Å². The van der Waals surface area contributed by atoms with Crippen molar-refractivity contribution >= 4 is 9.84 Å². The van der Waals surface area contributed by atoms with E-state index in [-0.39, 0.29) is 23.0 Å². The molecule has 1 fully saturated rings. The third-order valence-corrected chi connectivity index (χ3v) is 5.64. The molecule has 1 N–H and O–H groups in total. The number of aliphatic hydroxyl groups is 1. The molecule has 0 saturated heterocycles. The van der Waals surface area contributed by atoms with Gasteiger partial charge >= 0.3 is 6.18 Å². The molecule has 2 atom stereocenters. The summed E-state index contributed by atoms with van der Waals surface area (Å²) < 4.78 is 62.1. The van der Waals surface area contributed by atoms with Crippen LogP contribution in [0.2, 0.25) is 0 Å². The standard InChI is InChI=1S/C14H17F3O3S/c15-14(16,17)11-4-2-5-12(9-11)21(19,20)8-7-10-3-1-6-13(10)18/h2,4-5,9-10,13,18H,1,3,6-8H2. The van der Waals surface area contributed by atoms with Crippen molar-refractivity contribution in [3.05, 3.63) is 29.8 Å². The van der Waals surface area contributed by atoms with Gasteiger partial charge in [0.2, 0.25) is 0 Å². The van der Waals surface area contributed by atoms with Crippen molar-refractivity contribution in [3.63, 3.8) is 0 Å². The molecule has 2 rings (SSSR count).